The van der Waals surface area contributed by atoms with Crippen LogP contribution in [-0.4, -0.2) is 11.8 Å². The molecule has 1 saturated carbocycles. The van der Waals surface area contributed by atoms with Crippen LogP contribution < -0.4 is 4.74 Å². The lowest BCUT2D eigenvalue weighted by atomic mass is 9.77. The fourth-order valence-corrected chi connectivity index (χ4v) is 3.41. The van der Waals surface area contributed by atoms with Gasteiger partial charge >= 0.3 is 5.97 Å². The molecule has 0 radical (unpaired) electrons. The molecule has 94 valence electrons. The van der Waals surface area contributed by atoms with E-state index >= 15 is 0 Å². The van der Waals surface area contributed by atoms with Gasteiger partial charge in [0.1, 0.15) is 5.75 Å². The van der Waals surface area contributed by atoms with E-state index in [1.54, 1.807) is 6.07 Å². The molecule has 0 amide bonds. The summed E-state index contributed by atoms with van der Waals surface area (Å²) in [5.41, 5.74) is -0.242. The van der Waals surface area contributed by atoms with Gasteiger partial charge in [-0.2, -0.15) is 0 Å². The molecule has 19 heavy (non-hydrogen) atoms. The van der Waals surface area contributed by atoms with E-state index in [0.717, 1.165) is 22.8 Å². The Labute approximate surface area is 110 Å². The van der Waals surface area contributed by atoms with E-state index < -0.39 is 5.41 Å². The second-order valence-electron chi connectivity index (χ2n) is 5.23. The van der Waals surface area contributed by atoms with Crippen molar-refractivity contribution in [3.63, 3.8) is 0 Å². The van der Waals surface area contributed by atoms with Crippen LogP contribution in [0.25, 0.3) is 10.8 Å². The molecule has 1 aliphatic carbocycles. The van der Waals surface area contributed by atoms with Crippen LogP contribution in [0.1, 0.15) is 24.8 Å². The Morgan fingerprint density at radius 1 is 1.05 bits per heavy atom. The Kier molecular flexibility index (Phi) is 1.94. The van der Waals surface area contributed by atoms with Gasteiger partial charge in [-0.15, -0.1) is 0 Å². The van der Waals surface area contributed by atoms with Crippen molar-refractivity contribution in [2.45, 2.75) is 24.7 Å². The number of esters is 1. The molecule has 3 nitrogen and oxygen atoms in total. The number of fused-ring (bicyclic) bond motifs is 4. The van der Waals surface area contributed by atoms with Gasteiger partial charge in [0, 0.05) is 12.0 Å². The van der Waals surface area contributed by atoms with Gasteiger partial charge in [-0.3, -0.25) is 9.59 Å². The number of hydrogen-bond donors (Lipinski definition) is 0. The minimum Gasteiger partial charge on any atom is -0.425 e. The fraction of sp³-hybridized carbons (Fsp3) is 0.250. The highest BCUT2D eigenvalue weighted by molar-refractivity contribution is 6.17. The summed E-state index contributed by atoms with van der Waals surface area (Å²) >= 11 is 0. The molecular weight excluding hydrogens is 240 g/mol. The second-order valence-corrected chi connectivity index (χ2v) is 5.23. The molecule has 4 rings (SSSR count). The molecule has 3 heteroatoms. The van der Waals surface area contributed by atoms with Crippen molar-refractivity contribution in [3.8, 4) is 5.75 Å². The predicted molar refractivity (Wildman–Crippen MR) is 70.1 cm³/mol. The summed E-state index contributed by atoms with van der Waals surface area (Å²) in [6.07, 6.45) is 1.81. The van der Waals surface area contributed by atoms with Gasteiger partial charge in [0.25, 0.3) is 0 Å². The molecule has 1 fully saturated rings. The number of ether oxygens (including phenoxy) is 1. The number of hydrogen-bond acceptors (Lipinski definition) is 3. The van der Waals surface area contributed by atoms with Crippen molar-refractivity contribution in [3.05, 3.63) is 42.0 Å². The summed E-state index contributed by atoms with van der Waals surface area (Å²) in [7, 11) is 0. The van der Waals surface area contributed by atoms with Gasteiger partial charge in [-0.25, -0.2) is 0 Å². The molecule has 0 unspecified atom stereocenters. The van der Waals surface area contributed by atoms with E-state index in [0.29, 0.717) is 18.6 Å². The summed E-state index contributed by atoms with van der Waals surface area (Å²) in [5, 5.41) is 2.00. The molecule has 2 aromatic rings. The Morgan fingerprint density at radius 2 is 1.89 bits per heavy atom. The van der Waals surface area contributed by atoms with E-state index in [9.17, 15) is 9.59 Å². The average molecular weight is 252 g/mol. The monoisotopic (exact) mass is 252 g/mol. The van der Waals surface area contributed by atoms with Crippen LogP contribution in [-0.2, 0) is 15.0 Å². The van der Waals surface area contributed by atoms with Crippen molar-refractivity contribution in [1.29, 1.82) is 0 Å². The summed E-state index contributed by atoms with van der Waals surface area (Å²) in [6, 6.07) is 11.6. The molecule has 0 N–H and O–H groups in total. The fourth-order valence-electron chi connectivity index (χ4n) is 3.41. The first-order chi connectivity index (χ1) is 9.23. The zero-order valence-electron chi connectivity index (χ0n) is 10.3. The van der Waals surface area contributed by atoms with E-state index in [1.807, 2.05) is 30.3 Å². The summed E-state index contributed by atoms with van der Waals surface area (Å²) in [6.45, 7) is 0. The molecule has 1 heterocycles. The van der Waals surface area contributed by atoms with Crippen molar-refractivity contribution < 1.29 is 14.3 Å². The predicted octanol–water partition coefficient (Wildman–Crippen LogP) is 2.75. The topological polar surface area (TPSA) is 43.4 Å². The summed E-state index contributed by atoms with van der Waals surface area (Å²) in [4.78, 5) is 24.6. The van der Waals surface area contributed by atoms with Crippen LogP contribution in [0.3, 0.4) is 0 Å². The number of Topliss-reactive ketones (excluding diaryl/α,β-unsaturated/α-hetero) is 1. The highest BCUT2D eigenvalue weighted by Crippen LogP contribution is 2.50. The number of carbonyl (C=O) groups is 2. The molecule has 2 aromatic carbocycles. The molecule has 1 atom stereocenters. The molecule has 1 aliphatic heterocycles. The van der Waals surface area contributed by atoms with Crippen LogP contribution in [0, 0.1) is 0 Å². The van der Waals surface area contributed by atoms with Crippen LogP contribution in [0.5, 0.6) is 5.75 Å². The van der Waals surface area contributed by atoms with E-state index in [1.165, 1.54) is 0 Å². The first kappa shape index (κ1) is 10.7. The molecular formula is C16H12O3. The Hall–Kier alpha value is -2.16. The number of benzene rings is 2. The summed E-state index contributed by atoms with van der Waals surface area (Å²) in [5.74, 6) is 0.174. The van der Waals surface area contributed by atoms with Crippen molar-refractivity contribution in [1.82, 2.24) is 0 Å². The third-order valence-electron chi connectivity index (χ3n) is 4.30. The Morgan fingerprint density at radius 3 is 2.68 bits per heavy atom. The standard InChI is InChI=1S/C16H12O3/c17-13-6-3-9-16(13)14-11-5-2-1-4-10(11)7-8-12(14)19-15(16)18/h1-2,4-5,7-8H,3,6,9H2/t16-/m0/s1. The summed E-state index contributed by atoms with van der Waals surface area (Å²) < 4.78 is 5.36. The SMILES string of the molecule is O=C1CCC[C@]12C(=O)Oc1ccc3ccccc3c12. The van der Waals surface area contributed by atoms with E-state index in [4.69, 9.17) is 4.74 Å². The third kappa shape index (κ3) is 1.17. The number of rotatable bonds is 0. The third-order valence-corrected chi connectivity index (χ3v) is 4.30. The highest BCUT2D eigenvalue weighted by Gasteiger charge is 2.57. The maximum absolute atomic E-state index is 12.3. The smallest absolute Gasteiger partial charge is 0.329 e. The van der Waals surface area contributed by atoms with Crippen molar-refractivity contribution in [2.75, 3.05) is 0 Å². The van der Waals surface area contributed by atoms with Crippen LogP contribution >= 0.6 is 0 Å². The van der Waals surface area contributed by atoms with E-state index in [-0.39, 0.29) is 11.8 Å². The number of ketones is 1. The lowest BCUT2D eigenvalue weighted by Crippen LogP contribution is -2.37. The zero-order valence-corrected chi connectivity index (χ0v) is 10.3. The lowest BCUT2D eigenvalue weighted by molar-refractivity contribution is -0.142. The highest BCUT2D eigenvalue weighted by atomic mass is 16.5. The molecule has 2 aliphatic rings. The lowest BCUT2D eigenvalue weighted by Gasteiger charge is -2.18. The van der Waals surface area contributed by atoms with Crippen LogP contribution in [0.2, 0.25) is 0 Å². The maximum atomic E-state index is 12.3. The number of carbonyl (C=O) groups excluding carboxylic acids is 2. The minimum atomic E-state index is -1.03. The van der Waals surface area contributed by atoms with Crippen LogP contribution in [0.15, 0.2) is 36.4 Å². The quantitative estimate of drug-likeness (QED) is 0.411. The van der Waals surface area contributed by atoms with Crippen molar-refractivity contribution in [2.24, 2.45) is 0 Å². The van der Waals surface area contributed by atoms with Gasteiger partial charge in [0.2, 0.25) is 0 Å². The van der Waals surface area contributed by atoms with Gasteiger partial charge in [0.05, 0.1) is 0 Å². The minimum absolute atomic E-state index is 0.00704. The Balaban J connectivity index is 2.13. The molecule has 0 saturated heterocycles. The average Bonchev–Trinajstić information content (AvgIpc) is 2.94. The largest absolute Gasteiger partial charge is 0.425 e. The Bertz CT molecular complexity index is 732. The molecule has 1 spiro atoms. The maximum Gasteiger partial charge on any atom is 0.329 e. The van der Waals surface area contributed by atoms with E-state index in [2.05, 4.69) is 0 Å². The molecule has 0 aromatic heterocycles. The van der Waals surface area contributed by atoms with Crippen molar-refractivity contribution >= 4 is 22.5 Å². The first-order valence-corrected chi connectivity index (χ1v) is 6.51. The normalized spacial score (nSPS) is 25.1. The van der Waals surface area contributed by atoms with Gasteiger partial charge in [-0.05, 0) is 29.7 Å². The second kappa shape index (κ2) is 3.44. The van der Waals surface area contributed by atoms with Gasteiger partial charge < -0.3 is 4.74 Å². The molecule has 0 bridgehead atoms. The van der Waals surface area contributed by atoms with Gasteiger partial charge in [0.15, 0.2) is 11.2 Å². The zero-order chi connectivity index (χ0) is 13.0. The van der Waals surface area contributed by atoms with Gasteiger partial charge in [-0.1, -0.05) is 30.3 Å². The first-order valence-electron chi connectivity index (χ1n) is 6.51. The van der Waals surface area contributed by atoms with Crippen LogP contribution in [0.4, 0.5) is 0 Å².